The van der Waals surface area contributed by atoms with Crippen molar-refractivity contribution in [3.8, 4) is 0 Å². The van der Waals surface area contributed by atoms with Crippen molar-refractivity contribution < 1.29 is 14.3 Å². The first-order valence-electron chi connectivity index (χ1n) is 8.46. The van der Waals surface area contributed by atoms with Gasteiger partial charge >= 0.3 is 5.97 Å². The molecule has 3 aromatic carbocycles. The number of halogens is 1. The number of ether oxygens (including phenoxy) is 1. The molecule has 136 valence electrons. The van der Waals surface area contributed by atoms with Gasteiger partial charge in [-0.25, -0.2) is 4.79 Å². The van der Waals surface area contributed by atoms with Crippen molar-refractivity contribution in [2.45, 2.75) is 13.0 Å². The number of nitrogens with one attached hydrogen (secondary N) is 1. The van der Waals surface area contributed by atoms with E-state index in [2.05, 4.69) is 5.32 Å². The second kappa shape index (κ2) is 8.52. The van der Waals surface area contributed by atoms with Crippen LogP contribution in [-0.4, -0.2) is 18.0 Å². The maximum absolute atomic E-state index is 12.2. The van der Waals surface area contributed by atoms with Crippen LogP contribution in [0.25, 0.3) is 16.8 Å². The van der Waals surface area contributed by atoms with Crippen LogP contribution in [0.5, 0.6) is 0 Å². The monoisotopic (exact) mass is 379 g/mol. The van der Waals surface area contributed by atoms with Gasteiger partial charge in [0.15, 0.2) is 6.10 Å². The SMILES string of the molecule is CC(OC(=O)/C=C/c1cccc2ccccc12)C(=O)Nc1ccccc1Cl. The normalized spacial score (nSPS) is 12.1. The number of fused-ring (bicyclic) bond motifs is 1. The lowest BCUT2D eigenvalue weighted by atomic mass is 10.0. The summed E-state index contributed by atoms with van der Waals surface area (Å²) in [5.74, 6) is -1.04. The third-order valence-corrected chi connectivity index (χ3v) is 4.35. The average molecular weight is 380 g/mol. The van der Waals surface area contributed by atoms with E-state index >= 15 is 0 Å². The predicted octanol–water partition coefficient (Wildman–Crippen LogP) is 5.08. The third kappa shape index (κ3) is 4.74. The molecule has 3 aromatic rings. The minimum atomic E-state index is -0.953. The molecule has 0 spiro atoms. The number of carbonyl (C=O) groups is 2. The fraction of sp³-hybridized carbons (Fsp3) is 0.0909. The number of hydrogen-bond acceptors (Lipinski definition) is 3. The van der Waals surface area contributed by atoms with Crippen LogP contribution in [0.2, 0.25) is 5.02 Å². The number of amides is 1. The topological polar surface area (TPSA) is 55.4 Å². The van der Waals surface area contributed by atoms with E-state index in [1.54, 1.807) is 30.3 Å². The summed E-state index contributed by atoms with van der Waals surface area (Å²) in [5.41, 5.74) is 1.37. The summed E-state index contributed by atoms with van der Waals surface area (Å²) >= 11 is 6.01. The number of carbonyl (C=O) groups excluding carboxylic acids is 2. The molecule has 1 atom stereocenters. The largest absolute Gasteiger partial charge is 0.449 e. The summed E-state index contributed by atoms with van der Waals surface area (Å²) in [6.07, 6.45) is 2.05. The van der Waals surface area contributed by atoms with Gasteiger partial charge in [-0.3, -0.25) is 4.79 Å². The van der Waals surface area contributed by atoms with Crippen LogP contribution in [-0.2, 0) is 14.3 Å². The van der Waals surface area contributed by atoms with Crippen LogP contribution < -0.4 is 5.32 Å². The molecule has 1 unspecified atom stereocenters. The van der Waals surface area contributed by atoms with E-state index < -0.39 is 18.0 Å². The Bertz CT molecular complexity index is 1010. The van der Waals surface area contributed by atoms with E-state index in [4.69, 9.17) is 16.3 Å². The molecule has 1 amide bonds. The molecular weight excluding hydrogens is 362 g/mol. The Morgan fingerprint density at radius 1 is 1.00 bits per heavy atom. The molecule has 0 aromatic heterocycles. The van der Waals surface area contributed by atoms with Gasteiger partial charge in [-0.1, -0.05) is 66.2 Å². The number of esters is 1. The summed E-state index contributed by atoms with van der Waals surface area (Å²) in [7, 11) is 0. The van der Waals surface area contributed by atoms with Crippen LogP contribution in [0.4, 0.5) is 5.69 Å². The highest BCUT2D eigenvalue weighted by molar-refractivity contribution is 6.33. The van der Waals surface area contributed by atoms with Gasteiger partial charge in [0.25, 0.3) is 5.91 Å². The Morgan fingerprint density at radius 2 is 1.70 bits per heavy atom. The number of anilines is 1. The van der Waals surface area contributed by atoms with Gasteiger partial charge in [-0.05, 0) is 41.5 Å². The first-order chi connectivity index (χ1) is 13.0. The van der Waals surface area contributed by atoms with E-state index in [1.807, 2.05) is 42.5 Å². The zero-order valence-electron chi connectivity index (χ0n) is 14.7. The first kappa shape index (κ1) is 18.7. The smallest absolute Gasteiger partial charge is 0.331 e. The van der Waals surface area contributed by atoms with Gasteiger partial charge < -0.3 is 10.1 Å². The maximum atomic E-state index is 12.2. The van der Waals surface area contributed by atoms with Crippen molar-refractivity contribution in [3.05, 3.63) is 83.4 Å². The van der Waals surface area contributed by atoms with Crippen molar-refractivity contribution in [2.75, 3.05) is 5.32 Å². The number of para-hydroxylation sites is 1. The van der Waals surface area contributed by atoms with E-state index in [1.165, 1.54) is 13.0 Å². The van der Waals surface area contributed by atoms with Crippen LogP contribution >= 0.6 is 11.6 Å². The number of rotatable bonds is 5. The van der Waals surface area contributed by atoms with Crippen LogP contribution in [0.15, 0.2) is 72.8 Å². The maximum Gasteiger partial charge on any atom is 0.331 e. The molecule has 0 aliphatic carbocycles. The Morgan fingerprint density at radius 3 is 2.52 bits per heavy atom. The molecule has 0 saturated heterocycles. The molecule has 4 nitrogen and oxygen atoms in total. The third-order valence-electron chi connectivity index (χ3n) is 4.02. The molecule has 0 radical (unpaired) electrons. The Balaban J connectivity index is 1.63. The minimum Gasteiger partial charge on any atom is -0.449 e. The Kier molecular flexibility index (Phi) is 5.89. The van der Waals surface area contributed by atoms with Gasteiger partial charge in [-0.15, -0.1) is 0 Å². The Labute approximate surface area is 162 Å². The average Bonchev–Trinajstić information content (AvgIpc) is 2.68. The number of benzene rings is 3. The molecule has 1 N–H and O–H groups in total. The summed E-state index contributed by atoms with van der Waals surface area (Å²) in [6.45, 7) is 1.51. The molecule has 27 heavy (non-hydrogen) atoms. The van der Waals surface area contributed by atoms with Gasteiger partial charge in [0.2, 0.25) is 0 Å². The van der Waals surface area contributed by atoms with Gasteiger partial charge in [0.1, 0.15) is 0 Å². The highest BCUT2D eigenvalue weighted by Gasteiger charge is 2.17. The van der Waals surface area contributed by atoms with Crippen LogP contribution in [0.1, 0.15) is 12.5 Å². The molecule has 0 saturated carbocycles. The van der Waals surface area contributed by atoms with E-state index in [9.17, 15) is 9.59 Å². The molecular formula is C22H18ClNO3. The molecule has 0 bridgehead atoms. The predicted molar refractivity (Wildman–Crippen MR) is 109 cm³/mol. The molecule has 3 rings (SSSR count). The number of hydrogen-bond donors (Lipinski definition) is 1. The summed E-state index contributed by atoms with van der Waals surface area (Å²) in [5, 5.41) is 5.18. The van der Waals surface area contributed by atoms with Crippen molar-refractivity contribution >= 4 is 46.0 Å². The van der Waals surface area contributed by atoms with E-state index in [0.717, 1.165) is 16.3 Å². The zero-order chi connectivity index (χ0) is 19.2. The van der Waals surface area contributed by atoms with Crippen molar-refractivity contribution in [2.24, 2.45) is 0 Å². The van der Waals surface area contributed by atoms with Crippen LogP contribution in [0.3, 0.4) is 0 Å². The quantitative estimate of drug-likeness (QED) is 0.497. The lowest BCUT2D eigenvalue weighted by Crippen LogP contribution is -2.29. The molecule has 0 fully saturated rings. The van der Waals surface area contributed by atoms with Crippen molar-refractivity contribution in [3.63, 3.8) is 0 Å². The minimum absolute atomic E-state index is 0.417. The van der Waals surface area contributed by atoms with Crippen molar-refractivity contribution in [1.29, 1.82) is 0 Å². The standard InChI is InChI=1S/C22H18ClNO3/c1-15(22(26)24-20-12-5-4-11-19(20)23)27-21(25)14-13-17-9-6-8-16-7-2-3-10-18(16)17/h2-15H,1H3,(H,24,26)/b14-13+. The van der Waals surface area contributed by atoms with Gasteiger partial charge in [0, 0.05) is 6.08 Å². The lowest BCUT2D eigenvalue weighted by molar-refractivity contribution is -0.148. The highest BCUT2D eigenvalue weighted by Crippen LogP contribution is 2.21. The zero-order valence-corrected chi connectivity index (χ0v) is 15.4. The molecule has 0 aliphatic heterocycles. The fourth-order valence-corrected chi connectivity index (χ4v) is 2.80. The van der Waals surface area contributed by atoms with Gasteiger partial charge in [0.05, 0.1) is 10.7 Å². The second-order valence-electron chi connectivity index (χ2n) is 5.95. The molecule has 5 heteroatoms. The van der Waals surface area contributed by atoms with Crippen molar-refractivity contribution in [1.82, 2.24) is 0 Å². The van der Waals surface area contributed by atoms with Crippen LogP contribution in [0, 0.1) is 0 Å². The molecule has 0 aliphatic rings. The fourth-order valence-electron chi connectivity index (χ4n) is 2.62. The summed E-state index contributed by atoms with van der Waals surface area (Å²) < 4.78 is 5.18. The van der Waals surface area contributed by atoms with E-state index in [-0.39, 0.29) is 0 Å². The second-order valence-corrected chi connectivity index (χ2v) is 6.36. The molecule has 0 heterocycles. The Hall–Kier alpha value is -3.11. The lowest BCUT2D eigenvalue weighted by Gasteiger charge is -2.13. The summed E-state index contributed by atoms with van der Waals surface area (Å²) in [6, 6.07) is 20.6. The summed E-state index contributed by atoms with van der Waals surface area (Å²) in [4.78, 5) is 24.2. The first-order valence-corrected chi connectivity index (χ1v) is 8.84. The van der Waals surface area contributed by atoms with E-state index in [0.29, 0.717) is 10.7 Å². The van der Waals surface area contributed by atoms with Gasteiger partial charge in [-0.2, -0.15) is 0 Å². The highest BCUT2D eigenvalue weighted by atomic mass is 35.5.